The number of aromatic nitrogens is 1. The molecule has 2 aromatic carbocycles. The Morgan fingerprint density at radius 1 is 0.895 bits per heavy atom. The average Bonchev–Trinajstić information content (AvgIpc) is 2.48. The molecule has 0 aliphatic heterocycles. The van der Waals surface area contributed by atoms with E-state index in [4.69, 9.17) is 0 Å². The Balaban J connectivity index is 2.07. The van der Waals surface area contributed by atoms with E-state index in [1.165, 1.54) is 0 Å². The molecule has 3 aromatic rings. The van der Waals surface area contributed by atoms with Gasteiger partial charge in [0.2, 0.25) is 0 Å². The summed E-state index contributed by atoms with van der Waals surface area (Å²) in [6, 6.07) is 16.8. The van der Waals surface area contributed by atoms with Crippen LogP contribution in [0, 0.1) is 0 Å². The zero-order valence-corrected chi connectivity index (χ0v) is 10.2. The van der Waals surface area contributed by atoms with Gasteiger partial charge in [0.1, 0.15) is 5.75 Å². The molecule has 1 aromatic heterocycles. The molecular weight excluding hydrogens is 236 g/mol. The van der Waals surface area contributed by atoms with Crippen LogP contribution in [0.5, 0.6) is 5.75 Å². The first-order valence-corrected chi connectivity index (χ1v) is 6.00. The van der Waals surface area contributed by atoms with E-state index in [1.54, 1.807) is 18.5 Å². The van der Waals surface area contributed by atoms with Gasteiger partial charge >= 0.3 is 0 Å². The van der Waals surface area contributed by atoms with Crippen molar-refractivity contribution in [3.8, 4) is 5.75 Å². The lowest BCUT2D eigenvalue weighted by Crippen LogP contribution is -1.85. The smallest absolute Gasteiger partial charge is 0.151 e. The van der Waals surface area contributed by atoms with E-state index in [1.807, 2.05) is 48.5 Å². The van der Waals surface area contributed by atoms with Gasteiger partial charge in [-0.2, -0.15) is 0 Å². The van der Waals surface area contributed by atoms with E-state index >= 15 is 0 Å². The highest BCUT2D eigenvalue weighted by Gasteiger charge is 2.02. The van der Waals surface area contributed by atoms with Gasteiger partial charge < -0.3 is 5.11 Å². The van der Waals surface area contributed by atoms with Gasteiger partial charge in [0, 0.05) is 23.4 Å². The Kier molecular flexibility index (Phi) is 2.94. The van der Waals surface area contributed by atoms with Crippen molar-refractivity contribution >= 4 is 22.8 Å². The van der Waals surface area contributed by atoms with Crippen LogP contribution in [-0.2, 0) is 0 Å². The second-order valence-corrected chi connectivity index (χ2v) is 4.17. The number of phenols is 1. The highest BCUT2D eigenvalue weighted by atomic mass is 16.3. The first kappa shape index (κ1) is 11.4. The molecule has 0 saturated heterocycles. The van der Waals surface area contributed by atoms with Crippen LogP contribution in [0.4, 0.5) is 5.82 Å². The lowest BCUT2D eigenvalue weighted by molar-refractivity contribution is 0.481. The summed E-state index contributed by atoms with van der Waals surface area (Å²) in [6.07, 6.45) is 3.48. The summed E-state index contributed by atoms with van der Waals surface area (Å²) in [4.78, 5) is 8.48. The van der Waals surface area contributed by atoms with E-state index in [9.17, 15) is 5.11 Å². The van der Waals surface area contributed by atoms with Crippen LogP contribution in [0.1, 0.15) is 5.56 Å². The molecule has 0 fully saturated rings. The van der Waals surface area contributed by atoms with Crippen LogP contribution in [0.3, 0.4) is 0 Å². The molecule has 0 aliphatic carbocycles. The molecule has 19 heavy (non-hydrogen) atoms. The maximum Gasteiger partial charge on any atom is 0.151 e. The number of hydrogen-bond donors (Lipinski definition) is 1. The molecule has 0 aliphatic rings. The Labute approximate surface area is 110 Å². The van der Waals surface area contributed by atoms with Gasteiger partial charge in [-0.15, -0.1) is 0 Å². The fraction of sp³-hybridized carbons (Fsp3) is 0. The average molecular weight is 248 g/mol. The van der Waals surface area contributed by atoms with Crippen molar-refractivity contribution in [3.63, 3.8) is 0 Å². The Bertz CT molecular complexity index is 736. The number of aliphatic imine (C=N–C) groups is 1. The standard InChI is InChI=1S/C16H12N2O/c19-15-9-8-12(13-5-1-2-6-14(13)15)11-18-16-7-3-4-10-17-16/h1-11,19H. The van der Waals surface area contributed by atoms with Gasteiger partial charge in [-0.25, -0.2) is 9.98 Å². The summed E-state index contributed by atoms with van der Waals surface area (Å²) in [7, 11) is 0. The van der Waals surface area contributed by atoms with Gasteiger partial charge in [0.15, 0.2) is 5.82 Å². The fourth-order valence-corrected chi connectivity index (χ4v) is 1.98. The largest absolute Gasteiger partial charge is 0.507 e. The Morgan fingerprint density at radius 2 is 1.68 bits per heavy atom. The number of hydrogen-bond acceptors (Lipinski definition) is 3. The maximum absolute atomic E-state index is 9.82. The molecule has 1 heterocycles. The fourth-order valence-electron chi connectivity index (χ4n) is 1.98. The van der Waals surface area contributed by atoms with E-state index in [0.717, 1.165) is 16.3 Å². The van der Waals surface area contributed by atoms with Gasteiger partial charge in [-0.05, 0) is 29.7 Å². The van der Waals surface area contributed by atoms with E-state index in [0.29, 0.717) is 5.82 Å². The minimum atomic E-state index is 0.283. The molecule has 0 unspecified atom stereocenters. The minimum Gasteiger partial charge on any atom is -0.507 e. The molecular formula is C16H12N2O. The Hall–Kier alpha value is -2.68. The molecule has 0 atom stereocenters. The lowest BCUT2D eigenvalue weighted by Gasteiger charge is -2.03. The second kappa shape index (κ2) is 4.90. The van der Waals surface area contributed by atoms with Crippen molar-refractivity contribution in [1.29, 1.82) is 0 Å². The molecule has 3 nitrogen and oxygen atoms in total. The third-order valence-corrected chi connectivity index (χ3v) is 2.92. The van der Waals surface area contributed by atoms with Crippen molar-refractivity contribution in [2.24, 2.45) is 4.99 Å². The second-order valence-electron chi connectivity index (χ2n) is 4.17. The van der Waals surface area contributed by atoms with Crippen molar-refractivity contribution in [2.75, 3.05) is 0 Å². The molecule has 92 valence electrons. The number of aromatic hydroxyl groups is 1. The summed E-state index contributed by atoms with van der Waals surface area (Å²) < 4.78 is 0. The highest BCUT2D eigenvalue weighted by molar-refractivity contribution is 6.02. The van der Waals surface area contributed by atoms with Gasteiger partial charge in [0.05, 0.1) is 0 Å². The zero-order valence-electron chi connectivity index (χ0n) is 10.2. The van der Waals surface area contributed by atoms with E-state index in [-0.39, 0.29) is 5.75 Å². The van der Waals surface area contributed by atoms with Crippen LogP contribution < -0.4 is 0 Å². The quantitative estimate of drug-likeness (QED) is 0.703. The van der Waals surface area contributed by atoms with E-state index < -0.39 is 0 Å². The monoisotopic (exact) mass is 248 g/mol. The number of benzene rings is 2. The molecule has 0 amide bonds. The molecule has 0 radical (unpaired) electrons. The van der Waals surface area contributed by atoms with Crippen LogP contribution in [-0.4, -0.2) is 16.3 Å². The lowest BCUT2D eigenvalue weighted by atomic mass is 10.0. The molecule has 0 bridgehead atoms. The minimum absolute atomic E-state index is 0.283. The van der Waals surface area contributed by atoms with E-state index in [2.05, 4.69) is 9.98 Å². The summed E-state index contributed by atoms with van der Waals surface area (Å²) >= 11 is 0. The van der Waals surface area contributed by atoms with Crippen molar-refractivity contribution in [3.05, 3.63) is 66.4 Å². The van der Waals surface area contributed by atoms with Crippen molar-refractivity contribution in [1.82, 2.24) is 4.98 Å². The molecule has 1 N–H and O–H groups in total. The zero-order chi connectivity index (χ0) is 13.1. The van der Waals surface area contributed by atoms with Crippen LogP contribution in [0.15, 0.2) is 65.8 Å². The SMILES string of the molecule is Oc1ccc(C=Nc2ccccn2)c2ccccc12. The van der Waals surface area contributed by atoms with Gasteiger partial charge in [-0.3, -0.25) is 0 Å². The third kappa shape index (κ3) is 2.31. The maximum atomic E-state index is 9.82. The van der Waals surface area contributed by atoms with Crippen LogP contribution >= 0.6 is 0 Å². The summed E-state index contributed by atoms with van der Waals surface area (Å²) in [5.74, 6) is 0.949. The van der Waals surface area contributed by atoms with Gasteiger partial charge in [-0.1, -0.05) is 30.3 Å². The van der Waals surface area contributed by atoms with Crippen molar-refractivity contribution < 1.29 is 5.11 Å². The molecule has 3 heteroatoms. The number of phenolic OH excluding ortho intramolecular Hbond substituents is 1. The highest BCUT2D eigenvalue weighted by Crippen LogP contribution is 2.26. The summed E-state index contributed by atoms with van der Waals surface area (Å²) in [5, 5.41) is 11.6. The van der Waals surface area contributed by atoms with Crippen LogP contribution in [0.2, 0.25) is 0 Å². The predicted octanol–water partition coefficient (Wildman–Crippen LogP) is 3.69. The topological polar surface area (TPSA) is 45.5 Å². The van der Waals surface area contributed by atoms with Crippen molar-refractivity contribution in [2.45, 2.75) is 0 Å². The third-order valence-electron chi connectivity index (χ3n) is 2.92. The molecule has 3 rings (SSSR count). The summed E-state index contributed by atoms with van der Waals surface area (Å²) in [6.45, 7) is 0. The summed E-state index contributed by atoms with van der Waals surface area (Å²) in [5.41, 5.74) is 0.957. The molecule has 0 spiro atoms. The Morgan fingerprint density at radius 3 is 2.47 bits per heavy atom. The first-order valence-electron chi connectivity index (χ1n) is 6.00. The first-order chi connectivity index (χ1) is 9.34. The number of rotatable bonds is 2. The van der Waals surface area contributed by atoms with Crippen LogP contribution in [0.25, 0.3) is 10.8 Å². The van der Waals surface area contributed by atoms with Gasteiger partial charge in [0.25, 0.3) is 0 Å². The molecule has 0 saturated carbocycles. The normalized spacial score (nSPS) is 11.2. The number of pyridine rings is 1. The predicted molar refractivity (Wildman–Crippen MR) is 77.1 cm³/mol. The number of fused-ring (bicyclic) bond motifs is 1. The number of nitrogens with zero attached hydrogens (tertiary/aromatic N) is 2.